The number of nitrogens with zero attached hydrogens (tertiary/aromatic N) is 13. The Balaban J connectivity index is 0.000000191. The van der Waals surface area contributed by atoms with Crippen LogP contribution in [-0.4, -0.2) is 129 Å². The minimum absolute atomic E-state index is 0. The number of hydrogen-bond acceptors (Lipinski definition) is 19. The van der Waals surface area contributed by atoms with E-state index < -0.39 is 12.0 Å². The molecule has 4 fully saturated rings. The van der Waals surface area contributed by atoms with Gasteiger partial charge in [0.2, 0.25) is 17.7 Å². The maximum atomic E-state index is 13.6. The highest BCUT2D eigenvalue weighted by Gasteiger charge is 2.56. The summed E-state index contributed by atoms with van der Waals surface area (Å²) in [5, 5.41) is 27.8. The van der Waals surface area contributed by atoms with Crippen LogP contribution in [0.15, 0.2) is 82.8 Å². The van der Waals surface area contributed by atoms with E-state index in [4.69, 9.17) is 5.11 Å². The number of fused-ring (bicyclic) bond motifs is 4. The standard InChI is InChI=1S/C27H25BrN8O3.C16H14N4O3.C11H13BrN4O.ClH.S2.H2S/c1-13-26(28)32-23(11-29-13)33-27(39)22-8-17-7-21(17)36(22)24(38)12-35-20-5-4-16(18-9-30-15(3)31-10-18)6-19(20)25(34-35)14(2)37;1-9(21)16-13-5-11(12-6-17-10(2)18-7-12)3-4-14(13)20(19-16)8-15(22)23;1-5-10(12)15-9(4-13-5)16-11(17)8-3-6-2-7(6)14-8;;1-2;/h4-6,9-11,17,21-22H,7-8,12H2,1-3H3,(H,32,33,39);3-7H,8H2,1-2H3,(H,22,23);4,6-8,14H,2-3H2,1H3,(H,15,16,17);1H;;1H2/t17-,21-,22+;;6-,7-,8+;;;/m1.1.../s1. The normalized spacial score (nSPS) is 18.4. The van der Waals surface area contributed by atoms with E-state index in [1.807, 2.05) is 51.1 Å². The van der Waals surface area contributed by atoms with E-state index in [1.54, 1.807) is 53.6 Å². The molecule has 432 valence electrons. The summed E-state index contributed by atoms with van der Waals surface area (Å²) < 4.78 is 4.09. The summed E-state index contributed by atoms with van der Waals surface area (Å²) in [6, 6.07) is 10.9. The van der Waals surface area contributed by atoms with Crippen LogP contribution in [0.4, 0.5) is 11.6 Å². The first-order chi connectivity index (χ1) is 38.8. The molecule has 8 aromatic rings. The van der Waals surface area contributed by atoms with Crippen molar-refractivity contribution < 1.29 is 33.9 Å². The molecule has 2 saturated carbocycles. The van der Waals surface area contributed by atoms with E-state index in [0.717, 1.165) is 40.8 Å². The van der Waals surface area contributed by atoms with E-state index in [2.05, 4.69) is 120 Å². The van der Waals surface area contributed by atoms with Gasteiger partial charge in [-0.3, -0.25) is 48.1 Å². The molecule has 0 bridgehead atoms. The van der Waals surface area contributed by atoms with Gasteiger partial charge in [0, 0.05) is 95.0 Å². The lowest BCUT2D eigenvalue weighted by Crippen LogP contribution is -2.46. The SMILES string of the molecule is CC(=O)c1nn(CC(=O)N2[C@@H]3C[C@@H]3C[C@H]2C(=O)Nc2cnc(C)c(Br)n2)c2ccc(-c3cnc(C)nc3)cc12.CC(=O)c1nn(CC(=O)O)c2ccc(-c3cnc(C)nc3)cc12.Cc1ncc(NC(=O)[C@@H]2C[C@H]3C[C@H]3N2)nc1Br.Cl.S.S=S. The molecule has 0 radical (unpaired) electrons. The average Bonchev–Trinajstić information content (AvgIpc) is 2.22. The number of anilines is 2. The van der Waals surface area contributed by atoms with Crippen molar-refractivity contribution in [2.45, 2.75) is 104 Å². The minimum atomic E-state index is -1.01. The van der Waals surface area contributed by atoms with E-state index >= 15 is 0 Å². The number of Topliss-reactive ketones (excluding diaryl/α,β-unsaturated/α-hetero) is 2. The topological polar surface area (TPSA) is 301 Å². The molecule has 6 aromatic heterocycles. The molecule has 3 amide bonds. The zero-order valence-electron chi connectivity index (χ0n) is 45.3. The molecule has 4 aliphatic rings. The lowest BCUT2D eigenvalue weighted by Gasteiger charge is -2.26. The van der Waals surface area contributed by atoms with Crippen molar-refractivity contribution in [1.29, 1.82) is 0 Å². The number of nitrogens with one attached hydrogen (secondary N) is 3. The Kier molecular flexibility index (Phi) is 20.7. The number of aromatic nitrogens is 12. The highest BCUT2D eigenvalue weighted by atomic mass is 79.9. The molecule has 2 aliphatic heterocycles. The number of hydrogen-bond donors (Lipinski definition) is 4. The van der Waals surface area contributed by atoms with Gasteiger partial charge >= 0.3 is 5.97 Å². The number of carboxylic acids is 1. The van der Waals surface area contributed by atoms with Crippen LogP contribution in [0.1, 0.15) is 83.5 Å². The maximum absolute atomic E-state index is 13.6. The zero-order chi connectivity index (χ0) is 58.0. The van der Waals surface area contributed by atoms with Gasteiger partial charge in [0.25, 0.3) is 0 Å². The van der Waals surface area contributed by atoms with Crippen molar-refractivity contribution in [3.8, 4) is 22.3 Å². The van der Waals surface area contributed by atoms with Gasteiger partial charge in [-0.15, -0.1) is 12.4 Å². The minimum Gasteiger partial charge on any atom is -0.480 e. The number of carboxylic acid groups (broad SMARTS) is 1. The lowest BCUT2D eigenvalue weighted by molar-refractivity contribution is -0.138. The Bertz CT molecular complexity index is 3790. The predicted molar refractivity (Wildman–Crippen MR) is 328 cm³/mol. The number of benzene rings is 2. The molecule has 2 aliphatic carbocycles. The number of aryl methyl sites for hydroxylation is 4. The molecule has 2 saturated heterocycles. The predicted octanol–water partition coefficient (Wildman–Crippen LogP) is 7.35. The third-order valence-electron chi connectivity index (χ3n) is 14.2. The highest BCUT2D eigenvalue weighted by Crippen LogP contribution is 2.48. The summed E-state index contributed by atoms with van der Waals surface area (Å²) in [6.45, 7) is 9.77. The van der Waals surface area contributed by atoms with Crippen molar-refractivity contribution in [1.82, 2.24) is 69.6 Å². The summed E-state index contributed by atoms with van der Waals surface area (Å²) in [4.78, 5) is 109. The number of carbonyl (C=O) groups excluding carboxylic acids is 5. The molecule has 8 heterocycles. The van der Waals surface area contributed by atoms with Gasteiger partial charge in [0.1, 0.15) is 51.4 Å². The maximum Gasteiger partial charge on any atom is 0.325 e. The van der Waals surface area contributed by atoms with Crippen LogP contribution >= 0.6 is 57.8 Å². The van der Waals surface area contributed by atoms with Gasteiger partial charge in [-0.25, -0.2) is 29.9 Å². The largest absolute Gasteiger partial charge is 0.480 e. The second-order valence-corrected chi connectivity index (χ2v) is 21.4. The van der Waals surface area contributed by atoms with Crippen molar-refractivity contribution in [3.63, 3.8) is 0 Å². The van der Waals surface area contributed by atoms with Gasteiger partial charge in [-0.1, -0.05) is 12.1 Å². The Morgan fingerprint density at radius 2 is 1.10 bits per heavy atom. The number of rotatable bonds is 12. The fourth-order valence-electron chi connectivity index (χ4n) is 9.87. The van der Waals surface area contributed by atoms with E-state index in [9.17, 15) is 28.8 Å². The van der Waals surface area contributed by atoms with Gasteiger partial charge in [0.15, 0.2) is 23.2 Å². The third kappa shape index (κ3) is 14.6. The van der Waals surface area contributed by atoms with Crippen molar-refractivity contribution in [2.24, 2.45) is 11.8 Å². The molecule has 2 aromatic carbocycles. The monoisotopic (exact) mass is 1330 g/mol. The van der Waals surface area contributed by atoms with Gasteiger partial charge in [-0.2, -0.15) is 23.7 Å². The number of halogens is 3. The second kappa shape index (κ2) is 27.1. The number of aliphatic carboxylic acids is 1. The Hall–Kier alpha value is -7.08. The second-order valence-electron chi connectivity index (χ2n) is 19.9. The van der Waals surface area contributed by atoms with Crippen LogP contribution in [0.5, 0.6) is 0 Å². The summed E-state index contributed by atoms with van der Waals surface area (Å²) in [6.07, 6.45) is 13.6. The van der Waals surface area contributed by atoms with Gasteiger partial charge in [-0.05, 0) is 132 Å². The summed E-state index contributed by atoms with van der Waals surface area (Å²) >= 11 is 14.0. The Morgan fingerprint density at radius 3 is 1.53 bits per heavy atom. The summed E-state index contributed by atoms with van der Waals surface area (Å²) in [5.41, 5.74) is 6.66. The summed E-state index contributed by atoms with van der Waals surface area (Å²) in [7, 11) is 0. The molecule has 29 heteroatoms. The fraction of sp³-hybridized carbons (Fsp3) is 0.333. The fourth-order valence-corrected chi connectivity index (χ4v) is 10.5. The molecule has 83 heavy (non-hydrogen) atoms. The van der Waals surface area contributed by atoms with E-state index in [0.29, 0.717) is 84.3 Å². The molecule has 4 N–H and O–H groups in total. The zero-order valence-corrected chi connectivity index (χ0v) is 51.9. The highest BCUT2D eigenvalue weighted by molar-refractivity contribution is 9.10. The molecule has 0 unspecified atom stereocenters. The molecule has 6 atom stereocenters. The van der Waals surface area contributed by atoms with Crippen LogP contribution < -0.4 is 16.0 Å². The lowest BCUT2D eigenvalue weighted by atomic mass is 10.0. The molecule has 23 nitrogen and oxygen atoms in total. The number of amides is 3. The quantitative estimate of drug-likeness (QED) is 0.0869. The van der Waals surface area contributed by atoms with E-state index in [-0.39, 0.29) is 91.8 Å². The van der Waals surface area contributed by atoms with Crippen LogP contribution in [0, 0.1) is 39.5 Å². The Morgan fingerprint density at radius 1 is 0.627 bits per heavy atom. The average molecular weight is 1330 g/mol. The number of likely N-dealkylation sites (tertiary alicyclic amines) is 1. The van der Waals surface area contributed by atoms with Crippen LogP contribution in [-0.2, 0) is 54.6 Å². The molecular formula is C54H55Br2ClN16O7S3. The number of piperidine rings is 2. The van der Waals surface area contributed by atoms with Gasteiger partial charge < -0.3 is 26.0 Å². The van der Waals surface area contributed by atoms with Crippen LogP contribution in [0.25, 0.3) is 44.1 Å². The third-order valence-corrected chi connectivity index (χ3v) is 15.7. The van der Waals surface area contributed by atoms with Crippen molar-refractivity contribution in [2.75, 3.05) is 10.6 Å². The number of carbonyl (C=O) groups is 6. The molecule has 0 spiro atoms. The smallest absolute Gasteiger partial charge is 0.325 e. The first-order valence-electron chi connectivity index (χ1n) is 25.4. The van der Waals surface area contributed by atoms with E-state index in [1.165, 1.54) is 31.1 Å². The summed E-state index contributed by atoms with van der Waals surface area (Å²) in [5.74, 6) is 1.24. The molecule has 12 rings (SSSR count). The van der Waals surface area contributed by atoms with Crippen molar-refractivity contribution in [3.05, 3.63) is 117 Å². The van der Waals surface area contributed by atoms with Gasteiger partial charge in [0.05, 0.1) is 40.9 Å². The molecular weight excluding hydrogens is 1280 g/mol. The van der Waals surface area contributed by atoms with Crippen LogP contribution in [0.3, 0.4) is 0 Å². The first-order valence-corrected chi connectivity index (χ1v) is 28.4. The van der Waals surface area contributed by atoms with Crippen LogP contribution in [0.2, 0.25) is 0 Å². The Labute approximate surface area is 515 Å². The first kappa shape index (κ1) is 63.5. The number of ketones is 2. The van der Waals surface area contributed by atoms with Crippen molar-refractivity contribution >= 4 is 149 Å².